The molecule has 0 aliphatic carbocycles. The molecule has 0 spiro atoms. The van der Waals surface area contributed by atoms with Gasteiger partial charge in [0.2, 0.25) is 11.5 Å². The number of allylic oxidation sites excluding steroid dienone is 16. The van der Waals surface area contributed by atoms with Gasteiger partial charge in [-0.1, -0.05) is 93.2 Å². The van der Waals surface area contributed by atoms with Crippen molar-refractivity contribution in [3.8, 4) is 23.0 Å². The van der Waals surface area contributed by atoms with E-state index in [2.05, 4.69) is 111 Å². The van der Waals surface area contributed by atoms with Gasteiger partial charge in [-0.05, 0) is 166 Å². The molecule has 0 aliphatic heterocycles. The summed E-state index contributed by atoms with van der Waals surface area (Å²) < 4.78 is 10.5. The summed E-state index contributed by atoms with van der Waals surface area (Å²) in [7, 11) is 2.91. The van der Waals surface area contributed by atoms with Gasteiger partial charge in [0.1, 0.15) is 0 Å². The second-order valence-corrected chi connectivity index (χ2v) is 15.5. The Morgan fingerprint density at radius 2 is 0.679 bits per heavy atom. The molecule has 0 unspecified atom stereocenters. The average Bonchev–Trinajstić information content (AvgIpc) is 3.09. The van der Waals surface area contributed by atoms with E-state index in [0.717, 1.165) is 77.0 Å². The Morgan fingerprint density at radius 3 is 0.962 bits per heavy atom. The Kier molecular flexibility index (Phi) is 24.1. The summed E-state index contributed by atoms with van der Waals surface area (Å²) in [6, 6.07) is 0. The second-order valence-electron chi connectivity index (χ2n) is 15.5. The maximum absolute atomic E-state index is 10.7. The zero-order chi connectivity index (χ0) is 39.8. The fourth-order valence-electron chi connectivity index (χ4n) is 6.33. The number of methoxy groups -OCH3 is 2. The molecule has 0 aromatic heterocycles. The summed E-state index contributed by atoms with van der Waals surface area (Å²) in [5.41, 5.74) is 12.9. The van der Waals surface area contributed by atoms with E-state index in [0.29, 0.717) is 17.5 Å². The van der Waals surface area contributed by atoms with Gasteiger partial charge in [0, 0.05) is 11.1 Å². The third-order valence-electron chi connectivity index (χ3n) is 10.1. The highest BCUT2D eigenvalue weighted by atomic mass is 16.5. The quantitative estimate of drug-likeness (QED) is 0.0777. The number of aromatic hydroxyl groups is 2. The lowest BCUT2D eigenvalue weighted by Gasteiger charge is -2.17. The Hall–Kier alpha value is -3.66. The highest BCUT2D eigenvalue weighted by molar-refractivity contribution is 5.66. The minimum absolute atomic E-state index is 0.00661. The first kappa shape index (κ1) is 47.4. The van der Waals surface area contributed by atoms with Crippen LogP contribution in [0.3, 0.4) is 0 Å². The van der Waals surface area contributed by atoms with Gasteiger partial charge in [0.25, 0.3) is 0 Å². The minimum atomic E-state index is 0.00661. The molecule has 53 heavy (non-hydrogen) atoms. The summed E-state index contributed by atoms with van der Waals surface area (Å²) in [6.07, 6.45) is 35.1. The predicted octanol–water partition coefficient (Wildman–Crippen LogP) is 15.0. The standard InChI is InChI=1S/C49H76O4/c1-36(2)20-13-21-37(3)22-14-23-38(4)24-15-25-39(5)26-16-27-40(6)28-17-29-41(7)30-18-31-42(8)32-19-33-43(9)34-35-45-44(10)46(50)48(52-11)49(53-12)47(45)51/h20,22,24,26,28,30,32,34,50-51H,13-19,21,23,25,27,29,31,33,35H2,1-12H3. The van der Waals surface area contributed by atoms with E-state index < -0.39 is 0 Å². The van der Waals surface area contributed by atoms with E-state index in [1.54, 1.807) is 6.92 Å². The summed E-state index contributed by atoms with van der Waals surface area (Å²) in [5, 5.41) is 21.2. The maximum atomic E-state index is 10.7. The van der Waals surface area contributed by atoms with Crippen LogP contribution in [0.2, 0.25) is 0 Å². The van der Waals surface area contributed by atoms with Crippen LogP contribution in [0.4, 0.5) is 0 Å². The van der Waals surface area contributed by atoms with Crippen LogP contribution in [0.25, 0.3) is 0 Å². The van der Waals surface area contributed by atoms with Crippen LogP contribution in [-0.2, 0) is 6.42 Å². The summed E-state index contributed by atoms with van der Waals surface area (Å²) in [5.74, 6) is 0.357. The molecule has 2 N–H and O–H groups in total. The number of hydrogen-bond donors (Lipinski definition) is 2. The molecule has 0 atom stereocenters. The minimum Gasteiger partial charge on any atom is -0.504 e. The van der Waals surface area contributed by atoms with Gasteiger partial charge in [-0.15, -0.1) is 0 Å². The molecular weight excluding hydrogens is 653 g/mol. The lowest BCUT2D eigenvalue weighted by molar-refractivity contribution is 0.314. The molecule has 0 aliphatic rings. The summed E-state index contributed by atoms with van der Waals surface area (Å²) in [4.78, 5) is 0. The van der Waals surface area contributed by atoms with Crippen LogP contribution in [0, 0.1) is 6.92 Å². The van der Waals surface area contributed by atoms with Crippen molar-refractivity contribution in [2.75, 3.05) is 14.2 Å². The Bertz CT molecular complexity index is 1520. The van der Waals surface area contributed by atoms with Crippen LogP contribution in [0.1, 0.15) is 163 Å². The van der Waals surface area contributed by atoms with E-state index in [1.807, 2.05) is 0 Å². The van der Waals surface area contributed by atoms with Crippen molar-refractivity contribution < 1.29 is 19.7 Å². The van der Waals surface area contributed by atoms with Gasteiger partial charge in [-0.2, -0.15) is 0 Å². The molecule has 4 heteroatoms. The number of benzene rings is 1. The number of phenols is 2. The van der Waals surface area contributed by atoms with Crippen molar-refractivity contribution in [2.24, 2.45) is 0 Å². The molecule has 0 bridgehead atoms. The van der Waals surface area contributed by atoms with Gasteiger partial charge in [0.05, 0.1) is 14.2 Å². The van der Waals surface area contributed by atoms with Gasteiger partial charge in [-0.25, -0.2) is 0 Å². The third kappa shape index (κ3) is 20.4. The topological polar surface area (TPSA) is 58.9 Å². The molecule has 0 radical (unpaired) electrons. The first-order chi connectivity index (χ1) is 25.2. The predicted molar refractivity (Wildman–Crippen MR) is 232 cm³/mol. The molecule has 296 valence electrons. The third-order valence-corrected chi connectivity index (χ3v) is 10.1. The van der Waals surface area contributed by atoms with Crippen molar-refractivity contribution in [2.45, 2.75) is 166 Å². The molecule has 0 saturated carbocycles. The first-order valence-electron chi connectivity index (χ1n) is 20.1. The second kappa shape index (κ2) is 27.0. The van der Waals surface area contributed by atoms with E-state index in [1.165, 1.54) is 71.6 Å². The smallest absolute Gasteiger partial charge is 0.207 e. The van der Waals surface area contributed by atoms with Crippen LogP contribution >= 0.6 is 0 Å². The molecule has 4 nitrogen and oxygen atoms in total. The molecule has 1 aromatic rings. The molecular formula is C49H76O4. The summed E-state index contributed by atoms with van der Waals surface area (Å²) >= 11 is 0. The van der Waals surface area contributed by atoms with Gasteiger partial charge >= 0.3 is 0 Å². The first-order valence-corrected chi connectivity index (χ1v) is 20.1. The largest absolute Gasteiger partial charge is 0.504 e. The Morgan fingerprint density at radius 1 is 0.415 bits per heavy atom. The average molecular weight is 729 g/mol. The number of rotatable bonds is 25. The van der Waals surface area contributed by atoms with Crippen molar-refractivity contribution >= 4 is 0 Å². The van der Waals surface area contributed by atoms with E-state index >= 15 is 0 Å². The summed E-state index contributed by atoms with van der Waals surface area (Å²) in [6.45, 7) is 21.9. The van der Waals surface area contributed by atoms with Crippen molar-refractivity contribution in [1.29, 1.82) is 0 Å². The van der Waals surface area contributed by atoms with E-state index in [9.17, 15) is 10.2 Å². The van der Waals surface area contributed by atoms with Crippen molar-refractivity contribution in [3.63, 3.8) is 0 Å². The van der Waals surface area contributed by atoms with Gasteiger partial charge < -0.3 is 19.7 Å². The molecule has 0 amide bonds. The van der Waals surface area contributed by atoms with Crippen LogP contribution in [0.5, 0.6) is 23.0 Å². The molecule has 0 fully saturated rings. The molecule has 1 rings (SSSR count). The number of hydrogen-bond acceptors (Lipinski definition) is 4. The van der Waals surface area contributed by atoms with Crippen LogP contribution in [-0.4, -0.2) is 24.4 Å². The molecule has 0 heterocycles. The van der Waals surface area contributed by atoms with Crippen molar-refractivity contribution in [3.05, 3.63) is 104 Å². The lowest BCUT2D eigenvalue weighted by Crippen LogP contribution is -1.98. The van der Waals surface area contributed by atoms with E-state index in [-0.39, 0.29) is 23.0 Å². The highest BCUT2D eigenvalue weighted by Gasteiger charge is 2.22. The van der Waals surface area contributed by atoms with Crippen LogP contribution in [0.15, 0.2) is 93.2 Å². The fraction of sp³-hybridized carbons (Fsp3) is 0.551. The Balaban J connectivity index is 2.36. The highest BCUT2D eigenvalue weighted by Crippen LogP contribution is 2.48. The zero-order valence-corrected chi connectivity index (χ0v) is 35.9. The number of phenolic OH excluding ortho intramolecular Hbond substituents is 2. The SMILES string of the molecule is COc1c(O)c(C)c(CC=C(C)CCC=C(C)CCC=C(C)CCC=C(C)CCC=C(C)CCC=C(C)CCC=C(C)CCC=C(C)C)c(O)c1OC. The molecule has 0 saturated heterocycles. The Labute approximate surface area is 325 Å². The van der Waals surface area contributed by atoms with Crippen LogP contribution < -0.4 is 9.47 Å². The lowest BCUT2D eigenvalue weighted by atomic mass is 9.99. The maximum Gasteiger partial charge on any atom is 0.207 e. The number of ether oxygens (including phenoxy) is 2. The molecule has 1 aromatic carbocycles. The fourth-order valence-corrected chi connectivity index (χ4v) is 6.33. The monoisotopic (exact) mass is 729 g/mol. The zero-order valence-electron chi connectivity index (χ0n) is 35.9. The van der Waals surface area contributed by atoms with Gasteiger partial charge in [0.15, 0.2) is 11.5 Å². The van der Waals surface area contributed by atoms with E-state index in [4.69, 9.17) is 9.47 Å². The van der Waals surface area contributed by atoms with Gasteiger partial charge in [-0.3, -0.25) is 0 Å². The van der Waals surface area contributed by atoms with Crippen molar-refractivity contribution in [1.82, 2.24) is 0 Å². The normalized spacial score (nSPS) is 13.8.